The van der Waals surface area contributed by atoms with Crippen molar-refractivity contribution >= 4 is 17.2 Å². The lowest BCUT2D eigenvalue weighted by Gasteiger charge is -2.11. The number of fused-ring (bicyclic) bond motifs is 1. The molecule has 1 amide bonds. The highest BCUT2D eigenvalue weighted by molar-refractivity contribution is 6.05. The van der Waals surface area contributed by atoms with Crippen LogP contribution in [0.3, 0.4) is 0 Å². The van der Waals surface area contributed by atoms with Gasteiger partial charge in [-0.1, -0.05) is 42.5 Å². The largest absolute Gasteiger partial charge is 0.435 e. The van der Waals surface area contributed by atoms with Crippen LogP contribution in [0.1, 0.15) is 32.9 Å². The first kappa shape index (κ1) is 21.8. The quantitative estimate of drug-likeness (QED) is 0.480. The highest BCUT2D eigenvalue weighted by Gasteiger charge is 2.39. The molecular weight excluding hydrogens is 435 g/mol. The lowest BCUT2D eigenvalue weighted by Crippen LogP contribution is -2.29. The molecule has 0 fully saturated rings. The van der Waals surface area contributed by atoms with Crippen molar-refractivity contribution in [2.75, 3.05) is 5.32 Å². The number of hydrogen-bond acceptors (Lipinski definition) is 4. The first-order chi connectivity index (χ1) is 15.6. The molecule has 0 spiro atoms. The number of aryl methyl sites for hydroxylation is 2. The molecule has 4 rings (SSSR count). The highest BCUT2D eigenvalue weighted by atomic mass is 19.4. The number of benzene rings is 2. The summed E-state index contributed by atoms with van der Waals surface area (Å²) in [5.74, 6) is -0.872. The summed E-state index contributed by atoms with van der Waals surface area (Å²) >= 11 is 0. The first-order valence-electron chi connectivity index (χ1n) is 9.72. The van der Waals surface area contributed by atoms with Gasteiger partial charge in [-0.05, 0) is 31.0 Å². The Kier molecular flexibility index (Phi) is 5.25. The average molecular weight is 451 g/mol. The monoisotopic (exact) mass is 451 g/mol. The molecule has 2 N–H and O–H groups in total. The third-order valence-corrected chi connectivity index (χ3v) is 5.16. The van der Waals surface area contributed by atoms with Gasteiger partial charge >= 0.3 is 6.18 Å². The second kappa shape index (κ2) is 7.94. The SMILES string of the molecule is Cc1cccc(NC(=O)c2c(C)[nH]c3c(-c4ccccc4)c(C(F)(F)F)nn3c2=O)c1C#N. The fourth-order valence-corrected chi connectivity index (χ4v) is 3.64. The van der Waals surface area contributed by atoms with Gasteiger partial charge in [0.2, 0.25) is 0 Å². The number of halogens is 3. The highest BCUT2D eigenvalue weighted by Crippen LogP contribution is 2.38. The second-order valence-electron chi connectivity index (χ2n) is 7.34. The number of H-pyrrole nitrogens is 1. The summed E-state index contributed by atoms with van der Waals surface area (Å²) in [7, 11) is 0. The van der Waals surface area contributed by atoms with E-state index in [-0.39, 0.29) is 33.7 Å². The molecule has 0 saturated heterocycles. The van der Waals surface area contributed by atoms with E-state index in [0.29, 0.717) is 10.1 Å². The van der Waals surface area contributed by atoms with Crippen molar-refractivity contribution in [3.05, 3.63) is 87.0 Å². The predicted octanol–water partition coefficient (Wildman–Crippen LogP) is 4.45. The maximum Gasteiger partial charge on any atom is 0.435 e. The lowest BCUT2D eigenvalue weighted by atomic mass is 10.1. The first-order valence-corrected chi connectivity index (χ1v) is 9.72. The summed E-state index contributed by atoms with van der Waals surface area (Å²) < 4.78 is 41.9. The van der Waals surface area contributed by atoms with Crippen molar-refractivity contribution < 1.29 is 18.0 Å². The molecule has 2 heterocycles. The Hall–Kier alpha value is -4.39. The van der Waals surface area contributed by atoms with Gasteiger partial charge in [-0.15, -0.1) is 0 Å². The zero-order valence-electron chi connectivity index (χ0n) is 17.4. The van der Waals surface area contributed by atoms with Gasteiger partial charge in [0.15, 0.2) is 5.69 Å². The summed E-state index contributed by atoms with van der Waals surface area (Å²) in [5.41, 5.74) is -1.86. The van der Waals surface area contributed by atoms with Crippen LogP contribution in [0.15, 0.2) is 53.3 Å². The van der Waals surface area contributed by atoms with Crippen LogP contribution in [-0.4, -0.2) is 20.5 Å². The van der Waals surface area contributed by atoms with E-state index in [0.717, 1.165) is 0 Å². The molecule has 0 aliphatic heterocycles. The van der Waals surface area contributed by atoms with Gasteiger partial charge in [-0.3, -0.25) is 9.59 Å². The number of nitrogens with zero attached hydrogens (tertiary/aromatic N) is 3. The Morgan fingerprint density at radius 2 is 1.82 bits per heavy atom. The number of amides is 1. The summed E-state index contributed by atoms with van der Waals surface area (Å²) in [6, 6.07) is 14.5. The topological polar surface area (TPSA) is 103 Å². The molecule has 2 aromatic carbocycles. The van der Waals surface area contributed by atoms with Crippen LogP contribution in [0.4, 0.5) is 18.9 Å². The molecule has 0 saturated carbocycles. The fraction of sp³-hybridized carbons (Fsp3) is 0.130. The van der Waals surface area contributed by atoms with Crippen LogP contribution in [0.2, 0.25) is 0 Å². The number of carbonyl (C=O) groups excluding carboxylic acids is 1. The number of aromatic amines is 1. The number of anilines is 1. The molecule has 10 heteroatoms. The van der Waals surface area contributed by atoms with E-state index in [9.17, 15) is 28.0 Å². The van der Waals surface area contributed by atoms with Crippen molar-refractivity contribution in [2.45, 2.75) is 20.0 Å². The Labute approximate surface area is 185 Å². The van der Waals surface area contributed by atoms with Gasteiger partial charge in [0.05, 0.1) is 16.8 Å². The van der Waals surface area contributed by atoms with Crippen LogP contribution in [0.5, 0.6) is 0 Å². The van der Waals surface area contributed by atoms with Gasteiger partial charge in [0, 0.05) is 5.69 Å². The second-order valence-corrected chi connectivity index (χ2v) is 7.34. The molecule has 0 aliphatic carbocycles. The summed E-state index contributed by atoms with van der Waals surface area (Å²) in [5, 5.41) is 15.4. The maximum atomic E-state index is 13.8. The smallest absolute Gasteiger partial charge is 0.342 e. The van der Waals surface area contributed by atoms with Gasteiger partial charge in [0.25, 0.3) is 11.5 Å². The molecule has 166 valence electrons. The standard InChI is InChI=1S/C23H16F3N5O2/c1-12-7-6-10-16(15(12)11-27)29-21(32)17-13(2)28-20-18(14-8-4-3-5-9-14)19(23(24,25)26)30-31(20)22(17)33/h3-10,28H,1-2H3,(H,29,32). The van der Waals surface area contributed by atoms with Crippen molar-refractivity contribution in [3.63, 3.8) is 0 Å². The van der Waals surface area contributed by atoms with Gasteiger partial charge < -0.3 is 10.3 Å². The Morgan fingerprint density at radius 1 is 1.12 bits per heavy atom. The number of hydrogen-bond donors (Lipinski definition) is 2. The number of nitrogens with one attached hydrogen (secondary N) is 2. The fourth-order valence-electron chi connectivity index (χ4n) is 3.64. The van der Waals surface area contributed by atoms with E-state index >= 15 is 0 Å². The molecule has 0 radical (unpaired) electrons. The molecule has 0 bridgehead atoms. The minimum Gasteiger partial charge on any atom is -0.342 e. The molecule has 7 nitrogen and oxygen atoms in total. The Morgan fingerprint density at radius 3 is 2.45 bits per heavy atom. The number of nitriles is 1. The van der Waals surface area contributed by atoms with Crippen molar-refractivity contribution in [1.82, 2.24) is 14.6 Å². The lowest BCUT2D eigenvalue weighted by molar-refractivity contribution is -0.140. The van der Waals surface area contributed by atoms with E-state index in [1.807, 2.05) is 6.07 Å². The molecule has 0 unspecified atom stereocenters. The van der Waals surface area contributed by atoms with E-state index in [1.54, 1.807) is 37.3 Å². The number of carbonyl (C=O) groups is 1. The average Bonchev–Trinajstić information content (AvgIpc) is 3.15. The van der Waals surface area contributed by atoms with Crippen molar-refractivity contribution in [1.29, 1.82) is 5.26 Å². The molecule has 0 atom stereocenters. The molecule has 4 aromatic rings. The molecule has 0 aliphatic rings. The third-order valence-electron chi connectivity index (χ3n) is 5.16. The molecular formula is C23H16F3N5O2. The number of aromatic nitrogens is 3. The van der Waals surface area contributed by atoms with Crippen LogP contribution in [0.25, 0.3) is 16.8 Å². The van der Waals surface area contributed by atoms with Crippen LogP contribution in [0, 0.1) is 25.2 Å². The van der Waals surface area contributed by atoms with Gasteiger partial charge in [-0.25, -0.2) is 0 Å². The normalized spacial score (nSPS) is 11.4. The van der Waals surface area contributed by atoms with Crippen LogP contribution in [-0.2, 0) is 6.18 Å². The van der Waals surface area contributed by atoms with E-state index in [1.165, 1.54) is 25.1 Å². The van der Waals surface area contributed by atoms with Gasteiger partial charge in [-0.2, -0.15) is 28.0 Å². The zero-order valence-corrected chi connectivity index (χ0v) is 17.4. The summed E-state index contributed by atoms with van der Waals surface area (Å²) in [4.78, 5) is 28.8. The van der Waals surface area contributed by atoms with Gasteiger partial charge in [0.1, 0.15) is 17.3 Å². The summed E-state index contributed by atoms with van der Waals surface area (Å²) in [6.45, 7) is 3.10. The minimum absolute atomic E-state index is 0.0574. The molecule has 33 heavy (non-hydrogen) atoms. The van der Waals surface area contributed by atoms with E-state index in [4.69, 9.17) is 0 Å². The van der Waals surface area contributed by atoms with Crippen LogP contribution >= 0.6 is 0 Å². The van der Waals surface area contributed by atoms with Crippen LogP contribution < -0.4 is 10.9 Å². The molecule has 2 aromatic heterocycles. The minimum atomic E-state index is -4.84. The van der Waals surface area contributed by atoms with E-state index < -0.39 is 28.9 Å². The van der Waals surface area contributed by atoms with E-state index in [2.05, 4.69) is 15.4 Å². The Bertz CT molecular complexity index is 1500. The Balaban J connectivity index is 1.91. The summed E-state index contributed by atoms with van der Waals surface area (Å²) in [6.07, 6.45) is -4.84. The number of alkyl halides is 3. The van der Waals surface area contributed by atoms with Crippen molar-refractivity contribution in [3.8, 4) is 17.2 Å². The zero-order chi connectivity index (χ0) is 23.9. The maximum absolute atomic E-state index is 13.8. The number of rotatable bonds is 3. The van der Waals surface area contributed by atoms with Crippen molar-refractivity contribution in [2.24, 2.45) is 0 Å². The third kappa shape index (κ3) is 3.74. The predicted molar refractivity (Wildman–Crippen MR) is 115 cm³/mol.